The Balaban J connectivity index is 1.64. The zero-order valence-corrected chi connectivity index (χ0v) is 25.8. The van der Waals surface area contributed by atoms with Gasteiger partial charge in [-0.3, -0.25) is 0 Å². The third kappa shape index (κ3) is 12.1. The lowest BCUT2D eigenvalue weighted by Crippen LogP contribution is -2.15. The number of carbonyl (C=O) groups excluding carboxylic acids is 2. The SMILES string of the molecule is C=C(CO)C(=O)OCCOc1cc(OCCOC(=O)C(=C)CO)cc(-c2ccc(OCc3ccc(CCCCC)cc3)cc2)c1. The number of aryl methyl sites for hydroxylation is 1. The Hall–Kier alpha value is -4.60. The summed E-state index contributed by atoms with van der Waals surface area (Å²) in [6.45, 7) is 8.59. The molecule has 0 amide bonds. The molecule has 240 valence electrons. The third-order valence-corrected chi connectivity index (χ3v) is 6.69. The molecule has 0 aliphatic carbocycles. The Morgan fingerprint density at radius 1 is 0.622 bits per heavy atom. The first kappa shape index (κ1) is 34.9. The van der Waals surface area contributed by atoms with Crippen molar-refractivity contribution >= 4 is 11.9 Å². The molecule has 2 N–H and O–H groups in total. The lowest BCUT2D eigenvalue weighted by Gasteiger charge is -2.14. The molecule has 45 heavy (non-hydrogen) atoms. The number of aliphatic hydroxyl groups is 2. The van der Waals surface area contributed by atoms with Gasteiger partial charge in [0.15, 0.2) is 0 Å². The molecule has 0 unspecified atom stereocenters. The Bertz CT molecular complexity index is 1340. The summed E-state index contributed by atoms with van der Waals surface area (Å²) < 4.78 is 27.7. The van der Waals surface area contributed by atoms with Crippen LogP contribution < -0.4 is 14.2 Å². The smallest absolute Gasteiger partial charge is 0.335 e. The molecule has 0 saturated carbocycles. The van der Waals surface area contributed by atoms with Crippen LogP contribution in [0.5, 0.6) is 17.2 Å². The van der Waals surface area contributed by atoms with Gasteiger partial charge in [0.2, 0.25) is 0 Å². The van der Waals surface area contributed by atoms with Crippen molar-refractivity contribution in [2.24, 2.45) is 0 Å². The van der Waals surface area contributed by atoms with Crippen LogP contribution in [0.2, 0.25) is 0 Å². The molecule has 9 nitrogen and oxygen atoms in total. The molecule has 3 rings (SSSR count). The van der Waals surface area contributed by atoms with Crippen molar-refractivity contribution in [2.75, 3.05) is 39.6 Å². The van der Waals surface area contributed by atoms with Gasteiger partial charge >= 0.3 is 11.9 Å². The van der Waals surface area contributed by atoms with Gasteiger partial charge in [-0.15, -0.1) is 0 Å². The predicted molar refractivity (Wildman–Crippen MR) is 171 cm³/mol. The van der Waals surface area contributed by atoms with Crippen LogP contribution in [0.3, 0.4) is 0 Å². The van der Waals surface area contributed by atoms with E-state index >= 15 is 0 Å². The highest BCUT2D eigenvalue weighted by Crippen LogP contribution is 2.31. The highest BCUT2D eigenvalue weighted by Gasteiger charge is 2.11. The molecular weight excluding hydrogens is 576 g/mol. The number of hydrogen-bond acceptors (Lipinski definition) is 9. The van der Waals surface area contributed by atoms with Crippen LogP contribution in [0.1, 0.15) is 37.3 Å². The van der Waals surface area contributed by atoms with Crippen LogP contribution in [0, 0.1) is 0 Å². The van der Waals surface area contributed by atoms with Crippen molar-refractivity contribution < 1.29 is 43.5 Å². The van der Waals surface area contributed by atoms with Crippen LogP contribution in [0.25, 0.3) is 11.1 Å². The van der Waals surface area contributed by atoms with Gasteiger partial charge in [0.25, 0.3) is 0 Å². The molecule has 0 atom stereocenters. The number of benzene rings is 3. The highest BCUT2D eigenvalue weighted by molar-refractivity contribution is 5.88. The van der Waals surface area contributed by atoms with E-state index in [9.17, 15) is 9.59 Å². The van der Waals surface area contributed by atoms with Gasteiger partial charge in [-0.2, -0.15) is 0 Å². The number of rotatable bonds is 20. The average molecular weight is 619 g/mol. The van der Waals surface area contributed by atoms with Crippen molar-refractivity contribution in [1.82, 2.24) is 0 Å². The van der Waals surface area contributed by atoms with Gasteiger partial charge in [0.1, 0.15) is 50.3 Å². The van der Waals surface area contributed by atoms with Gasteiger partial charge in [0.05, 0.1) is 24.4 Å². The second-order valence-electron chi connectivity index (χ2n) is 10.3. The van der Waals surface area contributed by atoms with Crippen molar-refractivity contribution in [3.63, 3.8) is 0 Å². The first-order valence-electron chi connectivity index (χ1n) is 15.0. The minimum atomic E-state index is -0.695. The van der Waals surface area contributed by atoms with Crippen LogP contribution in [0.15, 0.2) is 91.0 Å². The average Bonchev–Trinajstić information content (AvgIpc) is 3.07. The Kier molecular flexibility index (Phi) is 14.7. The van der Waals surface area contributed by atoms with Crippen molar-refractivity contribution in [2.45, 2.75) is 39.2 Å². The topological polar surface area (TPSA) is 121 Å². The zero-order valence-electron chi connectivity index (χ0n) is 25.8. The molecule has 3 aromatic rings. The molecule has 0 fully saturated rings. The van der Waals surface area contributed by atoms with Gasteiger partial charge < -0.3 is 33.9 Å². The predicted octanol–water partition coefficient (Wildman–Crippen LogP) is 5.61. The van der Waals surface area contributed by atoms with Crippen molar-refractivity contribution in [3.8, 4) is 28.4 Å². The van der Waals surface area contributed by atoms with E-state index in [2.05, 4.69) is 44.3 Å². The van der Waals surface area contributed by atoms with E-state index in [1.54, 1.807) is 6.07 Å². The maximum atomic E-state index is 11.7. The quantitative estimate of drug-likeness (QED) is 0.0946. The number of esters is 2. The Morgan fingerprint density at radius 2 is 1.16 bits per heavy atom. The maximum absolute atomic E-state index is 11.7. The van der Waals surface area contributed by atoms with Gasteiger partial charge in [-0.05, 0) is 59.4 Å². The molecule has 0 spiro atoms. The molecule has 0 saturated heterocycles. The summed E-state index contributed by atoms with van der Waals surface area (Å²) in [5.41, 5.74) is 4.03. The Labute approximate surface area is 264 Å². The highest BCUT2D eigenvalue weighted by atomic mass is 16.6. The maximum Gasteiger partial charge on any atom is 0.335 e. The number of ether oxygens (including phenoxy) is 5. The van der Waals surface area contributed by atoms with Gasteiger partial charge in [0, 0.05) is 6.07 Å². The van der Waals surface area contributed by atoms with Gasteiger partial charge in [-0.1, -0.05) is 69.3 Å². The van der Waals surface area contributed by atoms with E-state index in [0.29, 0.717) is 18.1 Å². The first-order chi connectivity index (χ1) is 21.8. The summed E-state index contributed by atoms with van der Waals surface area (Å²) in [5, 5.41) is 18.0. The minimum absolute atomic E-state index is 0.0425. The van der Waals surface area contributed by atoms with Crippen LogP contribution in [0.4, 0.5) is 0 Å². The van der Waals surface area contributed by atoms with E-state index in [1.165, 1.54) is 24.8 Å². The summed E-state index contributed by atoms with van der Waals surface area (Å²) >= 11 is 0. The lowest BCUT2D eigenvalue weighted by molar-refractivity contribution is -0.141. The molecule has 0 bridgehead atoms. The van der Waals surface area contributed by atoms with E-state index in [0.717, 1.165) is 28.9 Å². The largest absolute Gasteiger partial charge is 0.490 e. The third-order valence-electron chi connectivity index (χ3n) is 6.69. The summed E-state index contributed by atoms with van der Waals surface area (Å²) in [6.07, 6.45) is 4.75. The molecule has 0 aromatic heterocycles. The fraction of sp³-hybridized carbons (Fsp3) is 0.333. The standard InChI is InChI=1S/C36H42O9/c1-4-5-6-7-28-8-10-29(11-9-28)25-45-32-14-12-30(13-15-32)31-20-33(41-16-18-43-35(39)26(2)23-37)22-34(21-31)42-17-19-44-36(40)27(3)24-38/h8-15,20-22,37-38H,2-7,16-19,23-25H2,1H3. The summed E-state index contributed by atoms with van der Waals surface area (Å²) in [7, 11) is 0. The summed E-state index contributed by atoms with van der Waals surface area (Å²) in [4.78, 5) is 23.4. The zero-order chi connectivity index (χ0) is 32.4. The number of carbonyl (C=O) groups is 2. The van der Waals surface area contributed by atoms with E-state index in [-0.39, 0.29) is 37.6 Å². The normalized spacial score (nSPS) is 10.6. The van der Waals surface area contributed by atoms with Crippen molar-refractivity contribution in [1.29, 1.82) is 0 Å². The fourth-order valence-electron chi connectivity index (χ4n) is 4.12. The fourth-order valence-corrected chi connectivity index (χ4v) is 4.12. The van der Waals surface area contributed by atoms with E-state index in [4.69, 9.17) is 33.9 Å². The Morgan fingerprint density at radius 3 is 1.67 bits per heavy atom. The summed E-state index contributed by atoms with van der Waals surface area (Å²) in [5.74, 6) is 0.262. The number of aliphatic hydroxyl groups excluding tert-OH is 2. The lowest BCUT2D eigenvalue weighted by atomic mass is 10.0. The van der Waals surface area contributed by atoms with Crippen molar-refractivity contribution in [3.05, 3.63) is 102 Å². The van der Waals surface area contributed by atoms with Crippen LogP contribution in [-0.4, -0.2) is 61.8 Å². The van der Waals surface area contributed by atoms with Crippen LogP contribution in [-0.2, 0) is 32.1 Å². The molecule has 9 heteroatoms. The molecule has 3 aromatic carbocycles. The molecule has 0 heterocycles. The monoisotopic (exact) mass is 618 g/mol. The first-order valence-corrected chi connectivity index (χ1v) is 15.0. The summed E-state index contributed by atoms with van der Waals surface area (Å²) in [6, 6.07) is 21.5. The molecular formula is C36H42O9. The molecule has 0 radical (unpaired) electrons. The molecule has 0 aliphatic heterocycles. The second-order valence-corrected chi connectivity index (χ2v) is 10.3. The second kappa shape index (κ2) is 18.9. The molecule has 0 aliphatic rings. The van der Waals surface area contributed by atoms with Crippen LogP contribution >= 0.6 is 0 Å². The minimum Gasteiger partial charge on any atom is -0.490 e. The van der Waals surface area contributed by atoms with E-state index < -0.39 is 25.2 Å². The van der Waals surface area contributed by atoms with E-state index in [1.807, 2.05) is 36.4 Å². The number of unbranched alkanes of at least 4 members (excludes halogenated alkanes) is 2. The number of hydrogen-bond donors (Lipinski definition) is 2. The van der Waals surface area contributed by atoms with Gasteiger partial charge in [-0.25, -0.2) is 9.59 Å².